The zero-order valence-electron chi connectivity index (χ0n) is 15.1. The summed E-state index contributed by atoms with van der Waals surface area (Å²) < 4.78 is 37.7. The fourth-order valence-electron chi connectivity index (χ4n) is 2.52. The monoisotopic (exact) mass is 378 g/mol. The largest absolute Gasteiger partial charge is 0.416 e. The summed E-state index contributed by atoms with van der Waals surface area (Å²) in [6.07, 6.45) is -4.27. The van der Waals surface area contributed by atoms with Crippen LogP contribution >= 0.6 is 0 Å². The van der Waals surface area contributed by atoms with Crippen LogP contribution in [-0.4, -0.2) is 30.3 Å². The normalized spacial score (nSPS) is 11.1. The van der Waals surface area contributed by atoms with Gasteiger partial charge in [0.15, 0.2) is 0 Å². The van der Waals surface area contributed by atoms with Crippen molar-refractivity contribution >= 4 is 11.8 Å². The van der Waals surface area contributed by atoms with Gasteiger partial charge < -0.3 is 10.2 Å². The molecule has 2 aromatic rings. The second-order valence-corrected chi connectivity index (χ2v) is 6.32. The molecule has 0 saturated heterocycles. The highest BCUT2D eigenvalue weighted by molar-refractivity contribution is 5.94. The first-order valence-corrected chi connectivity index (χ1v) is 8.42. The van der Waals surface area contributed by atoms with Gasteiger partial charge in [0.2, 0.25) is 5.91 Å². The van der Waals surface area contributed by atoms with Crippen LogP contribution in [0.15, 0.2) is 48.5 Å². The van der Waals surface area contributed by atoms with Gasteiger partial charge in [-0.2, -0.15) is 13.2 Å². The Labute approximate surface area is 156 Å². The van der Waals surface area contributed by atoms with E-state index in [1.807, 2.05) is 13.0 Å². The van der Waals surface area contributed by atoms with Crippen LogP contribution in [0.25, 0.3) is 0 Å². The summed E-state index contributed by atoms with van der Waals surface area (Å²) in [4.78, 5) is 25.6. The molecule has 0 heterocycles. The Morgan fingerprint density at radius 3 is 2.33 bits per heavy atom. The number of halogens is 3. The van der Waals surface area contributed by atoms with Crippen molar-refractivity contribution in [1.29, 1.82) is 0 Å². The van der Waals surface area contributed by atoms with Crippen LogP contribution in [0.5, 0.6) is 0 Å². The molecule has 2 aromatic carbocycles. The van der Waals surface area contributed by atoms with E-state index in [0.29, 0.717) is 11.1 Å². The molecule has 0 saturated carbocycles. The molecule has 0 aliphatic carbocycles. The number of aryl methyl sites for hydroxylation is 1. The zero-order valence-corrected chi connectivity index (χ0v) is 15.1. The van der Waals surface area contributed by atoms with Crippen molar-refractivity contribution < 1.29 is 22.8 Å². The first-order valence-electron chi connectivity index (χ1n) is 8.42. The predicted molar refractivity (Wildman–Crippen MR) is 96.0 cm³/mol. The lowest BCUT2D eigenvalue weighted by atomic mass is 10.1. The number of benzene rings is 2. The van der Waals surface area contributed by atoms with E-state index in [1.54, 1.807) is 25.2 Å². The Balaban J connectivity index is 1.81. The molecule has 0 radical (unpaired) electrons. The van der Waals surface area contributed by atoms with Crippen LogP contribution in [0.1, 0.15) is 33.5 Å². The van der Waals surface area contributed by atoms with Gasteiger partial charge in [-0.05, 0) is 36.8 Å². The molecule has 2 amide bonds. The molecular formula is C20H21F3N2O2. The van der Waals surface area contributed by atoms with Gasteiger partial charge in [-0.1, -0.05) is 29.8 Å². The van der Waals surface area contributed by atoms with Gasteiger partial charge in [-0.25, -0.2) is 0 Å². The summed E-state index contributed by atoms with van der Waals surface area (Å²) in [5, 5.41) is 2.69. The third-order valence-corrected chi connectivity index (χ3v) is 4.03. The number of nitrogens with one attached hydrogen (secondary N) is 1. The molecule has 0 aliphatic rings. The van der Waals surface area contributed by atoms with E-state index in [2.05, 4.69) is 5.32 Å². The molecule has 7 heteroatoms. The van der Waals surface area contributed by atoms with Gasteiger partial charge in [0.1, 0.15) is 0 Å². The molecule has 1 N–H and O–H groups in total. The molecule has 0 fully saturated rings. The van der Waals surface area contributed by atoms with E-state index in [1.165, 1.54) is 17.0 Å². The lowest BCUT2D eigenvalue weighted by molar-refractivity contribution is -0.137. The van der Waals surface area contributed by atoms with Gasteiger partial charge in [-0.3, -0.25) is 9.59 Å². The number of nitrogens with zero attached hydrogens (tertiary/aromatic N) is 1. The van der Waals surface area contributed by atoms with Crippen LogP contribution in [0.3, 0.4) is 0 Å². The summed E-state index contributed by atoms with van der Waals surface area (Å²) in [5.41, 5.74) is 1.37. The molecule has 0 unspecified atom stereocenters. The highest BCUT2D eigenvalue weighted by atomic mass is 19.4. The van der Waals surface area contributed by atoms with Gasteiger partial charge in [0.25, 0.3) is 5.91 Å². The molecule has 0 atom stereocenters. The Hall–Kier alpha value is -2.83. The minimum atomic E-state index is -4.38. The standard InChI is InChI=1S/C20H21F3N2O2/c1-14-4-3-5-16(12-14)19(27)24-11-10-18(26)25(2)13-15-6-8-17(9-7-15)20(21,22)23/h3-9,12H,10-11,13H2,1-2H3,(H,24,27). The first-order chi connectivity index (χ1) is 12.7. The second-order valence-electron chi connectivity index (χ2n) is 6.32. The Morgan fingerprint density at radius 2 is 1.74 bits per heavy atom. The maximum atomic E-state index is 12.6. The SMILES string of the molecule is Cc1cccc(C(=O)NCCC(=O)N(C)Cc2ccc(C(F)(F)F)cc2)c1. The van der Waals surface area contributed by atoms with Gasteiger partial charge >= 0.3 is 6.18 Å². The highest BCUT2D eigenvalue weighted by Gasteiger charge is 2.29. The summed E-state index contributed by atoms with van der Waals surface area (Å²) in [5.74, 6) is -0.462. The maximum Gasteiger partial charge on any atom is 0.416 e. The predicted octanol–water partition coefficient (Wildman–Crippen LogP) is 3.79. The fourth-order valence-corrected chi connectivity index (χ4v) is 2.52. The van der Waals surface area contributed by atoms with Crippen molar-refractivity contribution in [1.82, 2.24) is 10.2 Å². The maximum absolute atomic E-state index is 12.6. The minimum absolute atomic E-state index is 0.106. The van der Waals surface area contributed by atoms with Crippen LogP contribution in [0, 0.1) is 6.92 Å². The number of hydrogen-bond donors (Lipinski definition) is 1. The first kappa shape index (κ1) is 20.5. The molecule has 0 aromatic heterocycles. The van der Waals surface area contributed by atoms with E-state index in [-0.39, 0.29) is 31.3 Å². The average molecular weight is 378 g/mol. The topological polar surface area (TPSA) is 49.4 Å². The van der Waals surface area contributed by atoms with Gasteiger partial charge in [0.05, 0.1) is 5.56 Å². The Kier molecular flexibility index (Phi) is 6.60. The Morgan fingerprint density at radius 1 is 1.07 bits per heavy atom. The minimum Gasteiger partial charge on any atom is -0.352 e. The van der Waals surface area contributed by atoms with Crippen LogP contribution in [0.4, 0.5) is 13.2 Å². The van der Waals surface area contributed by atoms with Crippen molar-refractivity contribution in [2.75, 3.05) is 13.6 Å². The number of alkyl halides is 3. The lowest BCUT2D eigenvalue weighted by Crippen LogP contribution is -2.31. The molecule has 4 nitrogen and oxygen atoms in total. The molecule has 27 heavy (non-hydrogen) atoms. The molecule has 144 valence electrons. The van der Waals surface area contributed by atoms with Crippen molar-refractivity contribution in [3.63, 3.8) is 0 Å². The summed E-state index contributed by atoms with van der Waals surface area (Å²) in [7, 11) is 1.57. The lowest BCUT2D eigenvalue weighted by Gasteiger charge is -2.18. The quantitative estimate of drug-likeness (QED) is 0.831. The van der Waals surface area contributed by atoms with E-state index in [4.69, 9.17) is 0 Å². The summed E-state index contributed by atoms with van der Waals surface area (Å²) in [6, 6.07) is 11.8. The van der Waals surface area contributed by atoms with Gasteiger partial charge in [-0.15, -0.1) is 0 Å². The van der Waals surface area contributed by atoms with E-state index >= 15 is 0 Å². The molecule has 0 bridgehead atoms. The van der Waals surface area contributed by atoms with Crippen molar-refractivity contribution in [3.8, 4) is 0 Å². The van der Waals surface area contributed by atoms with Crippen LogP contribution in [0.2, 0.25) is 0 Å². The third kappa shape index (κ3) is 6.13. The smallest absolute Gasteiger partial charge is 0.352 e. The van der Waals surface area contributed by atoms with Crippen LogP contribution < -0.4 is 5.32 Å². The second kappa shape index (κ2) is 8.70. The Bertz CT molecular complexity index is 802. The number of carbonyl (C=O) groups is 2. The molecule has 0 aliphatic heterocycles. The van der Waals surface area contributed by atoms with Crippen molar-refractivity contribution in [3.05, 3.63) is 70.8 Å². The van der Waals surface area contributed by atoms with Crippen LogP contribution in [-0.2, 0) is 17.5 Å². The summed E-state index contributed by atoms with van der Waals surface area (Å²) >= 11 is 0. The number of carbonyl (C=O) groups excluding carboxylic acids is 2. The van der Waals surface area contributed by atoms with Crippen molar-refractivity contribution in [2.24, 2.45) is 0 Å². The third-order valence-electron chi connectivity index (χ3n) is 4.03. The fraction of sp³-hybridized carbons (Fsp3) is 0.300. The number of rotatable bonds is 6. The molecule has 0 spiro atoms. The van der Waals surface area contributed by atoms with E-state index in [0.717, 1.165) is 17.7 Å². The number of amides is 2. The van der Waals surface area contributed by atoms with E-state index in [9.17, 15) is 22.8 Å². The zero-order chi connectivity index (χ0) is 20.0. The summed E-state index contributed by atoms with van der Waals surface area (Å²) in [6.45, 7) is 2.27. The average Bonchev–Trinajstić information content (AvgIpc) is 2.61. The number of hydrogen-bond acceptors (Lipinski definition) is 2. The van der Waals surface area contributed by atoms with E-state index < -0.39 is 11.7 Å². The highest BCUT2D eigenvalue weighted by Crippen LogP contribution is 2.29. The van der Waals surface area contributed by atoms with Crippen molar-refractivity contribution in [2.45, 2.75) is 26.1 Å². The van der Waals surface area contributed by atoms with Gasteiger partial charge in [0, 0.05) is 32.1 Å². The molecular weight excluding hydrogens is 357 g/mol. The molecule has 2 rings (SSSR count).